The van der Waals surface area contributed by atoms with Gasteiger partial charge in [0.05, 0.1) is 0 Å². The molecule has 3 nitrogen and oxygen atoms in total. The SMILES string of the molecule is CCNC(=O)c1ccc(NC2Cc3ccccc3C2)cc1. The molecule has 0 aromatic heterocycles. The highest BCUT2D eigenvalue weighted by Gasteiger charge is 2.20. The average molecular weight is 280 g/mol. The number of hydrogen-bond acceptors (Lipinski definition) is 2. The van der Waals surface area contributed by atoms with E-state index in [4.69, 9.17) is 0 Å². The van der Waals surface area contributed by atoms with Crippen molar-refractivity contribution in [3.63, 3.8) is 0 Å². The van der Waals surface area contributed by atoms with Gasteiger partial charge < -0.3 is 10.6 Å². The second kappa shape index (κ2) is 6.00. The number of nitrogens with one attached hydrogen (secondary N) is 2. The van der Waals surface area contributed by atoms with Gasteiger partial charge in [0.1, 0.15) is 0 Å². The van der Waals surface area contributed by atoms with E-state index in [1.165, 1.54) is 11.1 Å². The second-order valence-electron chi connectivity index (χ2n) is 5.46. The van der Waals surface area contributed by atoms with Gasteiger partial charge >= 0.3 is 0 Å². The number of amides is 1. The predicted molar refractivity (Wildman–Crippen MR) is 85.7 cm³/mol. The first-order valence-corrected chi connectivity index (χ1v) is 7.48. The van der Waals surface area contributed by atoms with Crippen LogP contribution in [0.4, 0.5) is 5.69 Å². The number of fused-ring (bicyclic) bond motifs is 1. The molecule has 0 saturated heterocycles. The molecule has 0 bridgehead atoms. The highest BCUT2D eigenvalue weighted by atomic mass is 16.1. The summed E-state index contributed by atoms with van der Waals surface area (Å²) in [7, 11) is 0. The molecule has 3 heteroatoms. The largest absolute Gasteiger partial charge is 0.382 e. The van der Waals surface area contributed by atoms with Crippen molar-refractivity contribution in [3.8, 4) is 0 Å². The summed E-state index contributed by atoms with van der Waals surface area (Å²) >= 11 is 0. The van der Waals surface area contributed by atoms with Crippen LogP contribution in [0.15, 0.2) is 48.5 Å². The Morgan fingerprint density at radius 1 is 1.05 bits per heavy atom. The lowest BCUT2D eigenvalue weighted by Crippen LogP contribution is -2.23. The molecule has 1 aliphatic carbocycles. The molecule has 2 aromatic carbocycles. The van der Waals surface area contributed by atoms with E-state index in [9.17, 15) is 4.79 Å². The number of anilines is 1. The fraction of sp³-hybridized carbons (Fsp3) is 0.278. The molecule has 0 atom stereocenters. The van der Waals surface area contributed by atoms with Crippen molar-refractivity contribution in [2.45, 2.75) is 25.8 Å². The number of carbonyl (C=O) groups excluding carboxylic acids is 1. The van der Waals surface area contributed by atoms with E-state index in [1.54, 1.807) is 0 Å². The maximum absolute atomic E-state index is 11.7. The molecule has 1 amide bonds. The van der Waals surface area contributed by atoms with E-state index < -0.39 is 0 Å². The number of rotatable bonds is 4. The molecular weight excluding hydrogens is 260 g/mol. The molecule has 0 fully saturated rings. The molecule has 0 unspecified atom stereocenters. The first-order chi connectivity index (χ1) is 10.3. The van der Waals surface area contributed by atoms with E-state index >= 15 is 0 Å². The smallest absolute Gasteiger partial charge is 0.251 e. The molecule has 0 saturated carbocycles. The molecule has 0 spiro atoms. The van der Waals surface area contributed by atoms with Gasteiger partial charge in [-0.15, -0.1) is 0 Å². The third-order valence-corrected chi connectivity index (χ3v) is 3.91. The summed E-state index contributed by atoms with van der Waals surface area (Å²) in [5, 5.41) is 6.36. The molecule has 21 heavy (non-hydrogen) atoms. The van der Waals surface area contributed by atoms with E-state index in [0.29, 0.717) is 18.2 Å². The molecule has 2 N–H and O–H groups in total. The Balaban J connectivity index is 1.63. The summed E-state index contributed by atoms with van der Waals surface area (Å²) in [6.07, 6.45) is 2.13. The summed E-state index contributed by atoms with van der Waals surface area (Å²) in [4.78, 5) is 11.7. The average Bonchev–Trinajstić information content (AvgIpc) is 2.90. The van der Waals surface area contributed by atoms with E-state index in [2.05, 4.69) is 34.9 Å². The lowest BCUT2D eigenvalue weighted by Gasteiger charge is -2.14. The Morgan fingerprint density at radius 2 is 1.67 bits per heavy atom. The molecule has 3 rings (SSSR count). The van der Waals surface area contributed by atoms with Crippen LogP contribution in [0.5, 0.6) is 0 Å². The van der Waals surface area contributed by atoms with Gasteiger partial charge in [-0.3, -0.25) is 4.79 Å². The molecular formula is C18H20N2O. The topological polar surface area (TPSA) is 41.1 Å². The normalized spacial score (nSPS) is 13.8. The molecule has 2 aromatic rings. The first kappa shape index (κ1) is 13.7. The first-order valence-electron chi connectivity index (χ1n) is 7.48. The van der Waals surface area contributed by atoms with Crippen LogP contribution < -0.4 is 10.6 Å². The number of benzene rings is 2. The molecule has 0 radical (unpaired) electrons. The maximum Gasteiger partial charge on any atom is 0.251 e. The minimum atomic E-state index is -0.0164. The van der Waals surface area contributed by atoms with Gasteiger partial charge in [0.2, 0.25) is 0 Å². The standard InChI is InChI=1S/C18H20N2O/c1-2-19-18(21)13-7-9-16(10-8-13)20-17-11-14-5-3-4-6-15(14)12-17/h3-10,17,20H,2,11-12H2,1H3,(H,19,21). The van der Waals surface area contributed by atoms with Crippen molar-refractivity contribution in [1.29, 1.82) is 0 Å². The summed E-state index contributed by atoms with van der Waals surface area (Å²) in [5.74, 6) is -0.0164. The van der Waals surface area contributed by atoms with Gasteiger partial charge in [0.15, 0.2) is 0 Å². The molecule has 108 valence electrons. The summed E-state index contributed by atoms with van der Waals surface area (Å²) in [6, 6.07) is 16.7. The monoisotopic (exact) mass is 280 g/mol. The quantitative estimate of drug-likeness (QED) is 0.904. The summed E-state index contributed by atoms with van der Waals surface area (Å²) in [5.41, 5.74) is 4.65. The molecule has 0 aliphatic heterocycles. The third kappa shape index (κ3) is 3.07. The zero-order valence-corrected chi connectivity index (χ0v) is 12.2. The maximum atomic E-state index is 11.7. The molecule has 1 aliphatic rings. The van der Waals surface area contributed by atoms with Crippen LogP contribution >= 0.6 is 0 Å². The highest BCUT2D eigenvalue weighted by molar-refractivity contribution is 5.94. The Hall–Kier alpha value is -2.29. The van der Waals surface area contributed by atoms with Crippen LogP contribution in [-0.4, -0.2) is 18.5 Å². The van der Waals surface area contributed by atoms with Crippen LogP contribution in [0.1, 0.15) is 28.4 Å². The minimum absolute atomic E-state index is 0.0164. The van der Waals surface area contributed by atoms with Crippen LogP contribution in [0, 0.1) is 0 Å². The van der Waals surface area contributed by atoms with Crippen molar-refractivity contribution in [2.24, 2.45) is 0 Å². The van der Waals surface area contributed by atoms with Gasteiger partial charge in [-0.1, -0.05) is 24.3 Å². The van der Waals surface area contributed by atoms with E-state index in [0.717, 1.165) is 18.5 Å². The van der Waals surface area contributed by atoms with Crippen LogP contribution in [0.2, 0.25) is 0 Å². The predicted octanol–water partition coefficient (Wildman–Crippen LogP) is 3.02. The van der Waals surface area contributed by atoms with Gasteiger partial charge in [-0.25, -0.2) is 0 Å². The van der Waals surface area contributed by atoms with Crippen LogP contribution in [0.3, 0.4) is 0 Å². The summed E-state index contributed by atoms with van der Waals surface area (Å²) in [6.45, 7) is 2.57. The summed E-state index contributed by atoms with van der Waals surface area (Å²) < 4.78 is 0. The Morgan fingerprint density at radius 3 is 2.24 bits per heavy atom. The van der Waals surface area contributed by atoms with Gasteiger partial charge in [-0.2, -0.15) is 0 Å². The Labute approximate surface area is 125 Å². The lowest BCUT2D eigenvalue weighted by molar-refractivity contribution is 0.0956. The third-order valence-electron chi connectivity index (χ3n) is 3.91. The van der Waals surface area contributed by atoms with E-state index in [-0.39, 0.29) is 5.91 Å². The second-order valence-corrected chi connectivity index (χ2v) is 5.46. The Kier molecular flexibility index (Phi) is 3.91. The van der Waals surface area contributed by atoms with Gasteiger partial charge in [0, 0.05) is 23.8 Å². The van der Waals surface area contributed by atoms with Crippen molar-refractivity contribution in [3.05, 3.63) is 65.2 Å². The lowest BCUT2D eigenvalue weighted by atomic mass is 10.1. The van der Waals surface area contributed by atoms with E-state index in [1.807, 2.05) is 31.2 Å². The molecule has 0 heterocycles. The van der Waals surface area contributed by atoms with Crippen molar-refractivity contribution in [2.75, 3.05) is 11.9 Å². The number of carbonyl (C=O) groups is 1. The van der Waals surface area contributed by atoms with Crippen LogP contribution in [-0.2, 0) is 12.8 Å². The zero-order valence-electron chi connectivity index (χ0n) is 12.2. The fourth-order valence-corrected chi connectivity index (χ4v) is 2.88. The van der Waals surface area contributed by atoms with Crippen molar-refractivity contribution < 1.29 is 4.79 Å². The van der Waals surface area contributed by atoms with Gasteiger partial charge in [0.25, 0.3) is 5.91 Å². The van der Waals surface area contributed by atoms with Crippen molar-refractivity contribution >= 4 is 11.6 Å². The Bertz CT molecular complexity index is 609. The fourth-order valence-electron chi connectivity index (χ4n) is 2.88. The zero-order chi connectivity index (χ0) is 14.7. The highest BCUT2D eigenvalue weighted by Crippen LogP contribution is 2.24. The van der Waals surface area contributed by atoms with Crippen LogP contribution in [0.25, 0.3) is 0 Å². The van der Waals surface area contributed by atoms with Crippen molar-refractivity contribution in [1.82, 2.24) is 5.32 Å². The number of hydrogen-bond donors (Lipinski definition) is 2. The minimum Gasteiger partial charge on any atom is -0.382 e. The van der Waals surface area contributed by atoms with Gasteiger partial charge in [-0.05, 0) is 55.2 Å².